The van der Waals surface area contributed by atoms with E-state index in [2.05, 4.69) is 10.6 Å². The Balaban J connectivity index is 1.26. The summed E-state index contributed by atoms with van der Waals surface area (Å²) in [6.45, 7) is 4.90. The molecular formula is C26H34N2O5. The largest absolute Gasteiger partial charge is 0.453 e. The molecule has 0 radical (unpaired) electrons. The minimum absolute atomic E-state index is 0.0310. The van der Waals surface area contributed by atoms with E-state index in [9.17, 15) is 19.2 Å². The maximum atomic E-state index is 13.0. The van der Waals surface area contributed by atoms with Crippen LogP contribution in [0.2, 0.25) is 0 Å². The quantitative estimate of drug-likeness (QED) is 0.460. The number of esters is 1. The molecule has 4 aliphatic rings. The zero-order valence-corrected chi connectivity index (χ0v) is 19.7. The normalized spacial score (nSPS) is 28.3. The third-order valence-corrected chi connectivity index (χ3v) is 7.55. The van der Waals surface area contributed by atoms with E-state index in [0.717, 1.165) is 19.3 Å². The number of carbonyl (C=O) groups excluding carboxylic acids is 4. The average molecular weight is 455 g/mol. The van der Waals surface area contributed by atoms with Gasteiger partial charge in [-0.05, 0) is 87.5 Å². The van der Waals surface area contributed by atoms with Gasteiger partial charge in [-0.1, -0.05) is 13.8 Å². The summed E-state index contributed by atoms with van der Waals surface area (Å²) >= 11 is 0. The van der Waals surface area contributed by atoms with Gasteiger partial charge in [-0.2, -0.15) is 0 Å². The van der Waals surface area contributed by atoms with Crippen LogP contribution in [0.3, 0.4) is 0 Å². The van der Waals surface area contributed by atoms with Crippen molar-refractivity contribution in [1.29, 1.82) is 0 Å². The third-order valence-electron chi connectivity index (χ3n) is 7.55. The van der Waals surface area contributed by atoms with Crippen molar-refractivity contribution >= 4 is 29.3 Å². The number of benzene rings is 1. The Labute approximate surface area is 195 Å². The van der Waals surface area contributed by atoms with Crippen molar-refractivity contribution < 1.29 is 23.9 Å². The summed E-state index contributed by atoms with van der Waals surface area (Å²) in [7, 11) is 0. The maximum absolute atomic E-state index is 13.0. The van der Waals surface area contributed by atoms with Gasteiger partial charge in [0.05, 0.1) is 0 Å². The number of rotatable bonds is 8. The van der Waals surface area contributed by atoms with E-state index in [1.54, 1.807) is 38.1 Å². The Morgan fingerprint density at radius 1 is 0.939 bits per heavy atom. The summed E-state index contributed by atoms with van der Waals surface area (Å²) < 4.78 is 5.29. The summed E-state index contributed by atoms with van der Waals surface area (Å²) in [6, 6.07) is 6.48. The van der Waals surface area contributed by atoms with Crippen molar-refractivity contribution in [2.24, 2.45) is 29.1 Å². The molecule has 1 aromatic rings. The molecule has 7 heteroatoms. The highest BCUT2D eigenvalue weighted by Gasteiger charge is 2.54. The van der Waals surface area contributed by atoms with Crippen LogP contribution in [0.1, 0.15) is 69.7 Å². The van der Waals surface area contributed by atoms with Crippen LogP contribution in [0.15, 0.2) is 24.3 Å². The number of carbonyl (C=O) groups is 4. The van der Waals surface area contributed by atoms with Gasteiger partial charge in [0, 0.05) is 22.6 Å². The molecule has 4 aliphatic carbocycles. The van der Waals surface area contributed by atoms with E-state index in [4.69, 9.17) is 4.74 Å². The molecule has 0 heterocycles. The first kappa shape index (κ1) is 23.5. The fourth-order valence-electron chi connectivity index (χ4n) is 6.26. The number of Topliss-reactive ketones (excluding diaryl/α,β-unsaturated/α-hetero) is 1. The van der Waals surface area contributed by atoms with Crippen LogP contribution >= 0.6 is 0 Å². The molecule has 0 spiro atoms. The molecule has 5 rings (SSSR count). The van der Waals surface area contributed by atoms with Crippen LogP contribution in [-0.2, 0) is 19.1 Å². The predicted octanol–water partition coefficient (Wildman–Crippen LogP) is 3.73. The number of ether oxygens (including phenoxy) is 1. The Morgan fingerprint density at radius 2 is 1.48 bits per heavy atom. The third kappa shape index (κ3) is 5.12. The van der Waals surface area contributed by atoms with Crippen molar-refractivity contribution in [3.8, 4) is 0 Å². The van der Waals surface area contributed by atoms with E-state index < -0.39 is 12.1 Å². The monoisotopic (exact) mass is 454 g/mol. The molecule has 1 unspecified atom stereocenters. The van der Waals surface area contributed by atoms with Gasteiger partial charge in [0.15, 0.2) is 6.10 Å². The van der Waals surface area contributed by atoms with Crippen molar-refractivity contribution in [2.75, 3.05) is 11.9 Å². The van der Waals surface area contributed by atoms with Crippen LogP contribution in [0.25, 0.3) is 0 Å². The van der Waals surface area contributed by atoms with E-state index in [0.29, 0.717) is 29.0 Å². The fraction of sp³-hybridized carbons (Fsp3) is 0.615. The van der Waals surface area contributed by atoms with Gasteiger partial charge in [0.2, 0.25) is 17.6 Å². The van der Waals surface area contributed by atoms with Crippen molar-refractivity contribution in [2.45, 2.75) is 65.4 Å². The molecule has 2 N–H and O–H groups in total. The number of ketones is 1. The van der Waals surface area contributed by atoms with Crippen LogP contribution in [0.4, 0.5) is 5.69 Å². The number of hydrogen-bond donors (Lipinski definition) is 2. The minimum atomic E-state index is -0.968. The van der Waals surface area contributed by atoms with Gasteiger partial charge in [-0.25, -0.2) is 0 Å². The Kier molecular flexibility index (Phi) is 6.59. The summed E-state index contributed by atoms with van der Waals surface area (Å²) in [5.74, 6) is 0.718. The number of anilines is 1. The van der Waals surface area contributed by atoms with Crippen molar-refractivity contribution in [3.63, 3.8) is 0 Å². The molecule has 178 valence electrons. The first-order valence-electron chi connectivity index (χ1n) is 12.1. The lowest BCUT2D eigenvalue weighted by atomic mass is 9.49. The van der Waals surface area contributed by atoms with Crippen molar-refractivity contribution in [3.05, 3.63) is 29.8 Å². The molecule has 2 amide bonds. The number of amides is 2. The van der Waals surface area contributed by atoms with Crippen LogP contribution in [0, 0.1) is 29.1 Å². The predicted molar refractivity (Wildman–Crippen MR) is 123 cm³/mol. The highest BCUT2D eigenvalue weighted by Crippen LogP contribution is 2.60. The highest BCUT2D eigenvalue weighted by molar-refractivity contribution is 6.01. The Morgan fingerprint density at radius 3 is 2.00 bits per heavy atom. The molecule has 1 atom stereocenters. The van der Waals surface area contributed by atoms with Crippen LogP contribution in [-0.4, -0.2) is 36.2 Å². The lowest BCUT2D eigenvalue weighted by Crippen LogP contribution is -2.54. The van der Waals surface area contributed by atoms with Crippen molar-refractivity contribution in [1.82, 2.24) is 5.32 Å². The first-order valence-corrected chi connectivity index (χ1v) is 12.1. The smallest absolute Gasteiger partial charge is 0.326 e. The number of nitrogens with one attached hydrogen (secondary N) is 2. The maximum Gasteiger partial charge on any atom is 0.326 e. The lowest BCUT2D eigenvalue weighted by molar-refractivity contribution is -0.152. The van der Waals surface area contributed by atoms with E-state index in [1.165, 1.54) is 26.2 Å². The molecule has 7 nitrogen and oxygen atoms in total. The molecule has 1 aromatic carbocycles. The molecule has 0 aliphatic heterocycles. The number of hydrogen-bond acceptors (Lipinski definition) is 5. The summed E-state index contributed by atoms with van der Waals surface area (Å²) in [5, 5.41) is 5.56. The molecular weight excluding hydrogens is 420 g/mol. The Bertz CT molecular complexity index is 901. The van der Waals surface area contributed by atoms with Crippen LogP contribution in [0.5, 0.6) is 0 Å². The summed E-state index contributed by atoms with van der Waals surface area (Å²) in [5.41, 5.74) is 0.668. The van der Waals surface area contributed by atoms with Gasteiger partial charge >= 0.3 is 5.97 Å². The van der Waals surface area contributed by atoms with Gasteiger partial charge in [0.25, 0.3) is 0 Å². The van der Waals surface area contributed by atoms with E-state index in [1.807, 2.05) is 0 Å². The minimum Gasteiger partial charge on any atom is -0.453 e. The Hall–Kier alpha value is -2.70. The topological polar surface area (TPSA) is 102 Å². The SMILES string of the molecule is CC(C)C(=O)Nc1ccc(C(=O)C(C)OC(=O)CNC(=O)C23CC4CC(CC(C4)C2)C3)cc1. The molecule has 4 saturated carbocycles. The molecule has 0 aromatic heterocycles. The average Bonchev–Trinajstić information content (AvgIpc) is 2.76. The molecule has 4 bridgehead atoms. The summed E-state index contributed by atoms with van der Waals surface area (Å²) in [4.78, 5) is 49.7. The molecule has 33 heavy (non-hydrogen) atoms. The standard InChI is InChI=1S/C26H34N2O5/c1-15(2)24(31)28-21-6-4-20(5-7-21)23(30)16(3)33-22(29)14-27-25(32)26-11-17-8-18(12-26)10-19(9-17)13-26/h4-7,15-19H,8-14H2,1-3H3,(H,27,32)(H,28,31). The van der Waals surface area contributed by atoms with Gasteiger partial charge < -0.3 is 15.4 Å². The van der Waals surface area contributed by atoms with E-state index in [-0.39, 0.29) is 35.5 Å². The summed E-state index contributed by atoms with van der Waals surface area (Å²) in [6.07, 6.45) is 5.58. The zero-order valence-electron chi connectivity index (χ0n) is 19.7. The van der Waals surface area contributed by atoms with Gasteiger partial charge in [-0.3, -0.25) is 19.2 Å². The lowest BCUT2D eigenvalue weighted by Gasteiger charge is -2.55. The molecule has 4 fully saturated rings. The van der Waals surface area contributed by atoms with E-state index >= 15 is 0 Å². The zero-order chi connectivity index (χ0) is 23.8. The first-order chi connectivity index (χ1) is 15.6. The highest BCUT2D eigenvalue weighted by atomic mass is 16.5. The molecule has 0 saturated heterocycles. The second-order valence-electron chi connectivity index (χ2n) is 10.6. The second kappa shape index (κ2) is 9.27. The van der Waals surface area contributed by atoms with Crippen LogP contribution < -0.4 is 10.6 Å². The van der Waals surface area contributed by atoms with Gasteiger partial charge in [0.1, 0.15) is 6.54 Å². The van der Waals surface area contributed by atoms with Gasteiger partial charge in [-0.15, -0.1) is 0 Å². The fourth-order valence-corrected chi connectivity index (χ4v) is 6.26. The second-order valence-corrected chi connectivity index (χ2v) is 10.6.